The van der Waals surface area contributed by atoms with Crippen molar-refractivity contribution in [3.8, 4) is 10.4 Å². The number of aryl methyl sites for hydroxylation is 2. The average Bonchev–Trinajstić information content (AvgIpc) is 3.25. The van der Waals surface area contributed by atoms with Crippen LogP contribution in [0, 0.1) is 12.8 Å². The van der Waals surface area contributed by atoms with Crippen molar-refractivity contribution >= 4 is 27.2 Å². The van der Waals surface area contributed by atoms with E-state index in [-0.39, 0.29) is 0 Å². The summed E-state index contributed by atoms with van der Waals surface area (Å²) in [5, 5.41) is 9.20. The maximum atomic E-state index is 4.93. The van der Waals surface area contributed by atoms with Gasteiger partial charge in [-0.25, -0.2) is 4.98 Å². The Bertz CT molecular complexity index is 1080. The van der Waals surface area contributed by atoms with E-state index in [0.29, 0.717) is 5.92 Å². The largest absolute Gasteiger partial charge is 0.317 e. The minimum absolute atomic E-state index is 0.637. The fourth-order valence-electron chi connectivity index (χ4n) is 4.21. The second-order valence-corrected chi connectivity index (χ2v) is 8.84. The van der Waals surface area contributed by atoms with Crippen LogP contribution in [-0.4, -0.2) is 32.3 Å². The Morgan fingerprint density at radius 1 is 1.22 bits per heavy atom. The van der Waals surface area contributed by atoms with Gasteiger partial charge in [-0.05, 0) is 62.0 Å². The standard InChI is InChI=1S/C21H25N5S/c1-4-22-9-14-6-15(7-14)18-11-26-12-19(27-21(26)23-18)16-5-13(2)20-17(8-16)10-25(3)24-20/h5,8,10-12,14-15,22H,4,6-7,9H2,1-3H3. The molecular weight excluding hydrogens is 354 g/mol. The number of hydrogen-bond acceptors (Lipinski definition) is 4. The van der Waals surface area contributed by atoms with E-state index in [1.165, 1.54) is 39.9 Å². The van der Waals surface area contributed by atoms with E-state index in [9.17, 15) is 0 Å². The molecule has 6 heteroatoms. The van der Waals surface area contributed by atoms with Crippen LogP contribution in [0.5, 0.6) is 0 Å². The summed E-state index contributed by atoms with van der Waals surface area (Å²) in [5.41, 5.74) is 4.82. The van der Waals surface area contributed by atoms with Crippen LogP contribution in [0.4, 0.5) is 0 Å². The summed E-state index contributed by atoms with van der Waals surface area (Å²) in [6, 6.07) is 4.47. The third kappa shape index (κ3) is 2.97. The molecule has 1 N–H and O–H groups in total. The lowest BCUT2D eigenvalue weighted by Gasteiger charge is -2.34. The lowest BCUT2D eigenvalue weighted by atomic mass is 9.73. The van der Waals surface area contributed by atoms with Gasteiger partial charge in [0.2, 0.25) is 0 Å². The molecule has 0 atom stereocenters. The lowest BCUT2D eigenvalue weighted by molar-refractivity contribution is 0.252. The van der Waals surface area contributed by atoms with Gasteiger partial charge in [-0.15, -0.1) is 0 Å². The molecule has 1 aliphatic rings. The number of benzene rings is 1. The van der Waals surface area contributed by atoms with Gasteiger partial charge in [-0.2, -0.15) is 5.10 Å². The van der Waals surface area contributed by atoms with E-state index in [0.717, 1.165) is 29.5 Å². The summed E-state index contributed by atoms with van der Waals surface area (Å²) in [6.45, 7) is 6.52. The first-order valence-electron chi connectivity index (χ1n) is 9.74. The molecule has 0 radical (unpaired) electrons. The summed E-state index contributed by atoms with van der Waals surface area (Å²) in [6.07, 6.45) is 9.08. The Hall–Kier alpha value is -2.18. The summed E-state index contributed by atoms with van der Waals surface area (Å²) < 4.78 is 4.09. The molecule has 4 aromatic rings. The monoisotopic (exact) mass is 379 g/mol. The highest BCUT2D eigenvalue weighted by Crippen LogP contribution is 2.41. The molecule has 0 amide bonds. The molecule has 0 unspecified atom stereocenters. The summed E-state index contributed by atoms with van der Waals surface area (Å²) >= 11 is 1.77. The van der Waals surface area contributed by atoms with Gasteiger partial charge in [0, 0.05) is 36.9 Å². The van der Waals surface area contributed by atoms with E-state index >= 15 is 0 Å². The number of rotatable bonds is 5. The summed E-state index contributed by atoms with van der Waals surface area (Å²) in [7, 11) is 1.98. The third-order valence-corrected chi connectivity index (χ3v) is 6.76. The average molecular weight is 380 g/mol. The van der Waals surface area contributed by atoms with Gasteiger partial charge in [-0.3, -0.25) is 9.08 Å². The second kappa shape index (κ2) is 6.46. The molecule has 1 aliphatic carbocycles. The first-order valence-corrected chi connectivity index (χ1v) is 10.6. The molecule has 3 aromatic heterocycles. The number of nitrogens with one attached hydrogen (secondary N) is 1. The Morgan fingerprint density at radius 3 is 2.85 bits per heavy atom. The molecule has 1 fully saturated rings. The van der Waals surface area contributed by atoms with Crippen LogP contribution in [0.15, 0.2) is 30.7 Å². The molecular formula is C21H25N5S. The third-order valence-electron chi connectivity index (χ3n) is 5.71. The fraction of sp³-hybridized carbons (Fsp3) is 0.429. The molecule has 5 nitrogen and oxygen atoms in total. The predicted molar refractivity (Wildman–Crippen MR) is 112 cm³/mol. The molecule has 0 bridgehead atoms. The van der Waals surface area contributed by atoms with Crippen LogP contribution < -0.4 is 5.32 Å². The predicted octanol–water partition coefficient (Wildman–Crippen LogP) is 4.36. The topological polar surface area (TPSA) is 47.1 Å². The summed E-state index contributed by atoms with van der Waals surface area (Å²) in [5.74, 6) is 1.46. The molecule has 0 aliphatic heterocycles. The van der Waals surface area contributed by atoms with E-state index < -0.39 is 0 Å². The first kappa shape index (κ1) is 17.0. The van der Waals surface area contributed by atoms with Gasteiger partial charge in [0.05, 0.1) is 16.1 Å². The van der Waals surface area contributed by atoms with E-state index in [2.05, 4.69) is 59.4 Å². The molecule has 0 saturated heterocycles. The van der Waals surface area contributed by atoms with Gasteiger partial charge >= 0.3 is 0 Å². The maximum absolute atomic E-state index is 4.93. The van der Waals surface area contributed by atoms with Crippen molar-refractivity contribution in [3.05, 3.63) is 42.0 Å². The van der Waals surface area contributed by atoms with Crippen molar-refractivity contribution in [2.75, 3.05) is 13.1 Å². The van der Waals surface area contributed by atoms with Crippen molar-refractivity contribution < 1.29 is 0 Å². The zero-order valence-electron chi connectivity index (χ0n) is 16.1. The smallest absolute Gasteiger partial charge is 0.194 e. The molecule has 5 rings (SSSR count). The Kier molecular flexibility index (Phi) is 4.06. The zero-order chi connectivity index (χ0) is 18.5. The van der Waals surface area contributed by atoms with Crippen LogP contribution >= 0.6 is 11.3 Å². The number of fused-ring (bicyclic) bond motifs is 2. The van der Waals surface area contributed by atoms with Crippen LogP contribution in [0.25, 0.3) is 26.3 Å². The molecule has 1 saturated carbocycles. The fourth-order valence-corrected chi connectivity index (χ4v) is 5.17. The normalized spacial score (nSPS) is 19.8. The van der Waals surface area contributed by atoms with Crippen molar-refractivity contribution in [3.63, 3.8) is 0 Å². The molecule has 27 heavy (non-hydrogen) atoms. The van der Waals surface area contributed by atoms with Crippen molar-refractivity contribution in [1.82, 2.24) is 24.5 Å². The molecule has 3 heterocycles. The minimum atomic E-state index is 0.637. The molecule has 0 spiro atoms. The van der Waals surface area contributed by atoms with Gasteiger partial charge in [0.1, 0.15) is 0 Å². The van der Waals surface area contributed by atoms with Crippen LogP contribution in [0.2, 0.25) is 0 Å². The Labute approximate surface area is 163 Å². The number of hydrogen-bond donors (Lipinski definition) is 1. The molecule has 1 aromatic carbocycles. The number of imidazole rings is 1. The maximum Gasteiger partial charge on any atom is 0.194 e. The highest BCUT2D eigenvalue weighted by Gasteiger charge is 2.31. The van der Waals surface area contributed by atoms with E-state index in [1.807, 2.05) is 11.7 Å². The van der Waals surface area contributed by atoms with E-state index in [4.69, 9.17) is 4.98 Å². The summed E-state index contributed by atoms with van der Waals surface area (Å²) in [4.78, 5) is 7.29. The van der Waals surface area contributed by atoms with Crippen molar-refractivity contribution in [2.24, 2.45) is 13.0 Å². The van der Waals surface area contributed by atoms with Gasteiger partial charge in [-0.1, -0.05) is 18.3 Å². The quantitative estimate of drug-likeness (QED) is 0.560. The zero-order valence-corrected chi connectivity index (χ0v) is 16.9. The highest BCUT2D eigenvalue weighted by molar-refractivity contribution is 7.20. The SMILES string of the molecule is CCNCC1CC(c2cn3cc(-c4cc(C)c5nn(C)cc5c4)sc3n2)C1. The minimum Gasteiger partial charge on any atom is -0.317 e. The van der Waals surface area contributed by atoms with Gasteiger partial charge < -0.3 is 5.32 Å². The van der Waals surface area contributed by atoms with Crippen LogP contribution in [0.1, 0.15) is 36.9 Å². The highest BCUT2D eigenvalue weighted by atomic mass is 32.1. The van der Waals surface area contributed by atoms with Crippen molar-refractivity contribution in [2.45, 2.75) is 32.6 Å². The van der Waals surface area contributed by atoms with Crippen LogP contribution in [0.3, 0.4) is 0 Å². The van der Waals surface area contributed by atoms with Crippen molar-refractivity contribution in [1.29, 1.82) is 0 Å². The number of aromatic nitrogens is 4. The van der Waals surface area contributed by atoms with Gasteiger partial charge in [0.25, 0.3) is 0 Å². The molecule has 140 valence electrons. The van der Waals surface area contributed by atoms with Crippen LogP contribution in [-0.2, 0) is 7.05 Å². The van der Waals surface area contributed by atoms with E-state index in [1.54, 1.807) is 11.3 Å². The number of thiazole rings is 1. The Balaban J connectivity index is 1.39. The van der Waals surface area contributed by atoms with Gasteiger partial charge in [0.15, 0.2) is 4.96 Å². The first-order chi connectivity index (χ1) is 13.1. The lowest BCUT2D eigenvalue weighted by Crippen LogP contribution is -2.32. The second-order valence-electron chi connectivity index (χ2n) is 7.83. The number of nitrogens with zero attached hydrogens (tertiary/aromatic N) is 4. The Morgan fingerprint density at radius 2 is 2.07 bits per heavy atom.